The second-order valence-electron chi connectivity index (χ2n) is 5.37. The minimum Gasteiger partial charge on any atom is -0.324 e. The largest absolute Gasteiger partial charge is 0.416 e. The molecule has 118 valence electrons. The van der Waals surface area contributed by atoms with E-state index in [0.717, 1.165) is 12.8 Å². The van der Waals surface area contributed by atoms with E-state index in [1.807, 2.05) is 0 Å². The third kappa shape index (κ3) is 3.51. The summed E-state index contributed by atoms with van der Waals surface area (Å²) in [6, 6.07) is 0.457. The van der Waals surface area contributed by atoms with Crippen LogP contribution in [-0.4, -0.2) is 0 Å². The average molecular weight is 311 g/mol. The van der Waals surface area contributed by atoms with Crippen molar-refractivity contribution >= 4 is 0 Å². The Morgan fingerprint density at radius 2 is 1.52 bits per heavy atom. The van der Waals surface area contributed by atoms with Crippen LogP contribution in [0.5, 0.6) is 0 Å². The highest BCUT2D eigenvalue weighted by Crippen LogP contribution is 2.42. The maximum absolute atomic E-state index is 13.0. The van der Waals surface area contributed by atoms with Crippen molar-refractivity contribution in [2.75, 3.05) is 0 Å². The molecule has 0 amide bonds. The van der Waals surface area contributed by atoms with E-state index in [1.165, 1.54) is 0 Å². The number of benzene rings is 1. The maximum atomic E-state index is 13.0. The minimum absolute atomic E-state index is 0.199. The highest BCUT2D eigenvalue weighted by Gasteiger charge is 2.39. The molecule has 0 radical (unpaired) electrons. The van der Waals surface area contributed by atoms with Gasteiger partial charge in [0.25, 0.3) is 0 Å². The van der Waals surface area contributed by atoms with Gasteiger partial charge in [-0.15, -0.1) is 0 Å². The van der Waals surface area contributed by atoms with Crippen LogP contribution in [0.2, 0.25) is 0 Å². The number of hydrogen-bond donors (Lipinski definition) is 1. The first-order valence-corrected chi connectivity index (χ1v) is 6.64. The molecule has 0 heterocycles. The normalized spacial score (nSPS) is 19.0. The van der Waals surface area contributed by atoms with Gasteiger partial charge < -0.3 is 5.73 Å². The van der Waals surface area contributed by atoms with Crippen LogP contribution in [0.1, 0.15) is 48.4 Å². The van der Waals surface area contributed by atoms with Gasteiger partial charge in [-0.1, -0.05) is 12.8 Å². The summed E-state index contributed by atoms with van der Waals surface area (Å²) in [5.41, 5.74) is 3.22. The van der Waals surface area contributed by atoms with Gasteiger partial charge >= 0.3 is 12.4 Å². The van der Waals surface area contributed by atoms with Crippen molar-refractivity contribution in [1.29, 1.82) is 0 Å². The third-order valence-electron chi connectivity index (χ3n) is 3.95. The highest BCUT2D eigenvalue weighted by atomic mass is 19.4. The van der Waals surface area contributed by atoms with Crippen LogP contribution in [0.3, 0.4) is 0 Å². The molecule has 1 aromatic rings. The van der Waals surface area contributed by atoms with E-state index < -0.39 is 35.1 Å². The number of hydrogen-bond acceptors (Lipinski definition) is 1. The molecule has 2 N–H and O–H groups in total. The molecule has 0 spiro atoms. The quantitative estimate of drug-likeness (QED) is 0.771. The van der Waals surface area contributed by atoms with Crippen LogP contribution >= 0.6 is 0 Å². The molecule has 0 bridgehead atoms. The number of nitrogens with two attached hydrogens (primary N) is 1. The Labute approximate surface area is 118 Å². The zero-order valence-electron chi connectivity index (χ0n) is 11.1. The summed E-state index contributed by atoms with van der Waals surface area (Å²) in [4.78, 5) is 0. The predicted octanol–water partition coefficient (Wildman–Crippen LogP) is 4.91. The molecule has 0 aliphatic heterocycles. The van der Waals surface area contributed by atoms with E-state index in [9.17, 15) is 26.3 Å². The fraction of sp³-hybridized carbons (Fsp3) is 0.571. The Kier molecular flexibility index (Phi) is 4.24. The fourth-order valence-corrected chi connectivity index (χ4v) is 2.84. The van der Waals surface area contributed by atoms with Gasteiger partial charge in [-0.25, -0.2) is 0 Å². The lowest BCUT2D eigenvalue weighted by Gasteiger charge is -2.24. The summed E-state index contributed by atoms with van der Waals surface area (Å²) in [5.74, 6) is -0.199. The highest BCUT2D eigenvalue weighted by molar-refractivity contribution is 5.37. The lowest BCUT2D eigenvalue weighted by Crippen LogP contribution is -2.24. The number of halogens is 6. The van der Waals surface area contributed by atoms with Gasteiger partial charge in [-0.05, 0) is 42.5 Å². The first kappa shape index (κ1) is 16.1. The molecule has 21 heavy (non-hydrogen) atoms. The molecule has 1 aliphatic rings. The summed E-state index contributed by atoms with van der Waals surface area (Å²) in [7, 11) is 0. The summed E-state index contributed by atoms with van der Waals surface area (Å²) in [6.45, 7) is 0. The average Bonchev–Trinajstić information content (AvgIpc) is 2.88. The fourth-order valence-electron chi connectivity index (χ4n) is 2.84. The third-order valence-corrected chi connectivity index (χ3v) is 3.95. The summed E-state index contributed by atoms with van der Waals surface area (Å²) >= 11 is 0. The monoisotopic (exact) mass is 311 g/mol. The first-order valence-electron chi connectivity index (χ1n) is 6.64. The van der Waals surface area contributed by atoms with Crippen molar-refractivity contribution in [3.63, 3.8) is 0 Å². The minimum atomic E-state index is -4.71. The molecule has 1 aromatic carbocycles. The molecule has 1 saturated carbocycles. The Morgan fingerprint density at radius 3 is 2.00 bits per heavy atom. The molecule has 1 atom stereocenters. The van der Waals surface area contributed by atoms with Crippen LogP contribution in [0.15, 0.2) is 18.2 Å². The Morgan fingerprint density at radius 1 is 0.952 bits per heavy atom. The number of alkyl halides is 6. The Bertz CT molecular complexity index is 499. The molecule has 1 nitrogen and oxygen atoms in total. The van der Waals surface area contributed by atoms with E-state index in [0.29, 0.717) is 31.0 Å². The van der Waals surface area contributed by atoms with Gasteiger partial charge in [-0.3, -0.25) is 0 Å². The second kappa shape index (κ2) is 5.51. The van der Waals surface area contributed by atoms with Gasteiger partial charge in [0, 0.05) is 6.04 Å². The molecule has 0 unspecified atom stereocenters. The molecular weight excluding hydrogens is 296 g/mol. The second-order valence-corrected chi connectivity index (χ2v) is 5.37. The van der Waals surface area contributed by atoms with Gasteiger partial charge in [0.15, 0.2) is 0 Å². The maximum Gasteiger partial charge on any atom is 0.416 e. The Hall–Kier alpha value is -1.24. The molecular formula is C14H15F6N. The summed E-state index contributed by atoms with van der Waals surface area (Å²) in [6.07, 6.45) is -6.41. The van der Waals surface area contributed by atoms with Crippen LogP contribution < -0.4 is 5.73 Å². The summed E-state index contributed by atoms with van der Waals surface area (Å²) in [5, 5.41) is 0. The van der Waals surface area contributed by atoms with Crippen LogP contribution in [0.25, 0.3) is 0 Å². The smallest absolute Gasteiger partial charge is 0.324 e. The van der Waals surface area contributed by atoms with E-state index in [1.54, 1.807) is 0 Å². The molecule has 0 aromatic heterocycles. The summed E-state index contributed by atoms with van der Waals surface area (Å²) < 4.78 is 77.1. The first-order chi connectivity index (χ1) is 9.60. The van der Waals surface area contributed by atoms with Crippen LogP contribution in [0.4, 0.5) is 26.3 Å². The SMILES string of the molecule is N[C@H](c1cc(C(F)(F)F)ccc1C(F)(F)F)C1CCCC1. The van der Waals surface area contributed by atoms with Crippen molar-refractivity contribution in [3.8, 4) is 0 Å². The topological polar surface area (TPSA) is 26.0 Å². The standard InChI is InChI=1S/C14H15F6N/c15-13(16,17)9-5-6-11(14(18,19)20)10(7-9)12(21)8-3-1-2-4-8/h5-8,12H,1-4,21H2/t12-/m0/s1. The molecule has 0 saturated heterocycles. The molecule has 1 fully saturated rings. The van der Waals surface area contributed by atoms with E-state index >= 15 is 0 Å². The van der Waals surface area contributed by atoms with Crippen molar-refractivity contribution in [1.82, 2.24) is 0 Å². The van der Waals surface area contributed by atoms with Crippen molar-refractivity contribution in [2.24, 2.45) is 11.7 Å². The molecule has 1 aliphatic carbocycles. The van der Waals surface area contributed by atoms with Gasteiger partial charge in [0.05, 0.1) is 11.1 Å². The lowest BCUT2D eigenvalue weighted by molar-refractivity contribution is -0.142. The van der Waals surface area contributed by atoms with E-state index in [4.69, 9.17) is 5.73 Å². The van der Waals surface area contributed by atoms with Gasteiger partial charge in [0.1, 0.15) is 0 Å². The van der Waals surface area contributed by atoms with Crippen molar-refractivity contribution < 1.29 is 26.3 Å². The van der Waals surface area contributed by atoms with Crippen molar-refractivity contribution in [3.05, 3.63) is 34.9 Å². The Balaban J connectivity index is 2.47. The van der Waals surface area contributed by atoms with Crippen LogP contribution in [-0.2, 0) is 12.4 Å². The predicted molar refractivity (Wildman–Crippen MR) is 65.3 cm³/mol. The van der Waals surface area contributed by atoms with E-state index in [2.05, 4.69) is 0 Å². The molecule has 2 rings (SSSR count). The van der Waals surface area contributed by atoms with Crippen LogP contribution in [0, 0.1) is 5.92 Å². The zero-order valence-corrected chi connectivity index (χ0v) is 11.1. The number of rotatable bonds is 2. The van der Waals surface area contributed by atoms with E-state index in [-0.39, 0.29) is 5.92 Å². The molecule has 7 heteroatoms. The zero-order chi connectivity index (χ0) is 15.8. The van der Waals surface area contributed by atoms with Crippen molar-refractivity contribution in [2.45, 2.75) is 44.1 Å². The van der Waals surface area contributed by atoms with Gasteiger partial charge in [0.2, 0.25) is 0 Å². The van der Waals surface area contributed by atoms with Gasteiger partial charge in [-0.2, -0.15) is 26.3 Å². The lowest BCUT2D eigenvalue weighted by atomic mass is 9.88.